The van der Waals surface area contributed by atoms with Gasteiger partial charge in [0, 0.05) is 15.6 Å². The van der Waals surface area contributed by atoms with Gasteiger partial charge in [-0.1, -0.05) is 12.1 Å². The van der Waals surface area contributed by atoms with Crippen LogP contribution in [0.1, 0.15) is 22.3 Å². The number of hydrogen-bond donors (Lipinski definition) is 0. The van der Waals surface area contributed by atoms with Gasteiger partial charge in [-0.3, -0.25) is 4.79 Å². The van der Waals surface area contributed by atoms with Gasteiger partial charge in [0.1, 0.15) is 0 Å². The van der Waals surface area contributed by atoms with E-state index in [9.17, 15) is 4.79 Å². The molecule has 0 aromatic heterocycles. The highest BCUT2D eigenvalue weighted by Gasteiger charge is 2.20. The molecule has 0 unspecified atom stereocenters. The van der Waals surface area contributed by atoms with Gasteiger partial charge in [0.25, 0.3) is 0 Å². The van der Waals surface area contributed by atoms with Crippen molar-refractivity contribution in [3.8, 4) is 0 Å². The fourth-order valence-electron chi connectivity index (χ4n) is 1.46. The molecular formula is C9H7IO. The van der Waals surface area contributed by atoms with E-state index in [1.807, 2.05) is 18.2 Å². The number of ketones is 1. The van der Waals surface area contributed by atoms with Crippen LogP contribution in [-0.2, 0) is 6.42 Å². The van der Waals surface area contributed by atoms with Crippen molar-refractivity contribution >= 4 is 28.4 Å². The number of aryl methyl sites for hydroxylation is 1. The highest BCUT2D eigenvalue weighted by molar-refractivity contribution is 14.1. The first-order chi connectivity index (χ1) is 5.29. The maximum absolute atomic E-state index is 11.3. The van der Waals surface area contributed by atoms with Crippen molar-refractivity contribution < 1.29 is 4.79 Å². The highest BCUT2D eigenvalue weighted by Crippen LogP contribution is 2.25. The molecule has 0 heterocycles. The molecule has 56 valence electrons. The van der Waals surface area contributed by atoms with E-state index in [1.165, 1.54) is 5.56 Å². The first-order valence-electron chi connectivity index (χ1n) is 3.59. The van der Waals surface area contributed by atoms with Crippen molar-refractivity contribution in [2.75, 3.05) is 0 Å². The molecule has 0 N–H and O–H groups in total. The van der Waals surface area contributed by atoms with Crippen LogP contribution in [0.25, 0.3) is 0 Å². The van der Waals surface area contributed by atoms with Gasteiger partial charge in [-0.15, -0.1) is 0 Å². The maximum Gasteiger partial charge on any atom is 0.164 e. The van der Waals surface area contributed by atoms with Crippen molar-refractivity contribution in [2.24, 2.45) is 0 Å². The average Bonchev–Trinajstić information content (AvgIpc) is 2.34. The van der Waals surface area contributed by atoms with E-state index < -0.39 is 0 Å². The number of hydrogen-bond acceptors (Lipinski definition) is 1. The molecule has 0 bridgehead atoms. The summed E-state index contributed by atoms with van der Waals surface area (Å²) in [5.41, 5.74) is 2.19. The summed E-state index contributed by atoms with van der Waals surface area (Å²) in [4.78, 5) is 11.3. The summed E-state index contributed by atoms with van der Waals surface area (Å²) in [6.45, 7) is 0. The number of carbonyl (C=O) groups is 1. The van der Waals surface area contributed by atoms with E-state index >= 15 is 0 Å². The molecule has 1 nitrogen and oxygen atoms in total. The third-order valence-electron chi connectivity index (χ3n) is 2.00. The Hall–Kier alpha value is -0.380. The Morgan fingerprint density at radius 3 is 2.82 bits per heavy atom. The van der Waals surface area contributed by atoms with Gasteiger partial charge < -0.3 is 0 Å². The summed E-state index contributed by atoms with van der Waals surface area (Å²) in [5.74, 6) is 0.310. The smallest absolute Gasteiger partial charge is 0.164 e. The molecule has 0 amide bonds. The topological polar surface area (TPSA) is 17.1 Å². The predicted octanol–water partition coefficient (Wildman–Crippen LogP) is 2.42. The minimum Gasteiger partial charge on any atom is -0.294 e. The molecule has 0 aliphatic heterocycles. The summed E-state index contributed by atoms with van der Waals surface area (Å²) in [6, 6.07) is 6.05. The van der Waals surface area contributed by atoms with Crippen molar-refractivity contribution in [3.05, 3.63) is 32.9 Å². The van der Waals surface area contributed by atoms with Crippen molar-refractivity contribution in [2.45, 2.75) is 12.8 Å². The van der Waals surface area contributed by atoms with E-state index in [1.54, 1.807) is 0 Å². The molecule has 11 heavy (non-hydrogen) atoms. The second-order valence-corrected chi connectivity index (χ2v) is 3.86. The Balaban J connectivity index is 2.68. The zero-order valence-corrected chi connectivity index (χ0v) is 8.09. The van der Waals surface area contributed by atoms with Gasteiger partial charge in [0.05, 0.1) is 0 Å². The molecule has 0 spiro atoms. The average molecular weight is 258 g/mol. The molecule has 1 aromatic rings. The zero-order valence-electron chi connectivity index (χ0n) is 5.93. The quantitative estimate of drug-likeness (QED) is 0.653. The fraction of sp³-hybridized carbons (Fsp3) is 0.222. The Morgan fingerprint density at radius 2 is 2.09 bits per heavy atom. The molecule has 1 aromatic carbocycles. The lowest BCUT2D eigenvalue weighted by atomic mass is 10.1. The highest BCUT2D eigenvalue weighted by atomic mass is 127. The van der Waals surface area contributed by atoms with Crippen LogP contribution in [0, 0.1) is 3.57 Å². The number of carbonyl (C=O) groups excluding carboxylic acids is 1. The van der Waals surface area contributed by atoms with Crippen molar-refractivity contribution in [1.82, 2.24) is 0 Å². The number of Topliss-reactive ketones (excluding diaryl/α,β-unsaturated/α-hetero) is 1. The van der Waals surface area contributed by atoms with E-state index in [2.05, 4.69) is 22.6 Å². The summed E-state index contributed by atoms with van der Waals surface area (Å²) in [7, 11) is 0. The van der Waals surface area contributed by atoms with Gasteiger partial charge in [-0.05, 0) is 40.6 Å². The second kappa shape index (κ2) is 2.59. The van der Waals surface area contributed by atoms with Crippen LogP contribution in [0.5, 0.6) is 0 Å². The summed E-state index contributed by atoms with van der Waals surface area (Å²) in [5, 5.41) is 0. The summed E-state index contributed by atoms with van der Waals surface area (Å²) < 4.78 is 1.10. The SMILES string of the molecule is O=C1CCc2cccc(I)c21. The predicted molar refractivity (Wildman–Crippen MR) is 51.8 cm³/mol. The van der Waals surface area contributed by atoms with Crippen LogP contribution in [0.3, 0.4) is 0 Å². The van der Waals surface area contributed by atoms with Crippen LogP contribution in [0.15, 0.2) is 18.2 Å². The van der Waals surface area contributed by atoms with Crippen LogP contribution in [0.2, 0.25) is 0 Å². The van der Waals surface area contributed by atoms with Crippen LogP contribution in [0.4, 0.5) is 0 Å². The Labute approximate surface area is 78.9 Å². The third-order valence-corrected chi connectivity index (χ3v) is 2.90. The number of benzene rings is 1. The largest absolute Gasteiger partial charge is 0.294 e. The molecule has 2 heteroatoms. The van der Waals surface area contributed by atoms with E-state index in [4.69, 9.17) is 0 Å². The molecule has 0 saturated heterocycles. The standard InChI is InChI=1S/C9H7IO/c10-7-3-1-2-6-4-5-8(11)9(6)7/h1-3H,4-5H2. The zero-order chi connectivity index (χ0) is 7.84. The van der Waals surface area contributed by atoms with Crippen molar-refractivity contribution in [1.29, 1.82) is 0 Å². The number of fused-ring (bicyclic) bond motifs is 1. The third kappa shape index (κ3) is 1.09. The van der Waals surface area contributed by atoms with Crippen LogP contribution < -0.4 is 0 Å². The molecular weight excluding hydrogens is 251 g/mol. The second-order valence-electron chi connectivity index (χ2n) is 2.70. The Morgan fingerprint density at radius 1 is 1.27 bits per heavy atom. The van der Waals surface area contributed by atoms with E-state index in [-0.39, 0.29) is 0 Å². The molecule has 0 radical (unpaired) electrons. The maximum atomic E-state index is 11.3. The fourth-order valence-corrected chi connectivity index (χ4v) is 2.32. The van der Waals surface area contributed by atoms with Crippen LogP contribution in [-0.4, -0.2) is 5.78 Å². The van der Waals surface area contributed by atoms with Gasteiger partial charge in [-0.25, -0.2) is 0 Å². The summed E-state index contributed by atoms with van der Waals surface area (Å²) in [6.07, 6.45) is 1.64. The first kappa shape index (κ1) is 7.28. The van der Waals surface area contributed by atoms with E-state index in [0.29, 0.717) is 12.2 Å². The van der Waals surface area contributed by atoms with Crippen molar-refractivity contribution in [3.63, 3.8) is 0 Å². The van der Waals surface area contributed by atoms with Gasteiger partial charge in [0.15, 0.2) is 5.78 Å². The molecule has 1 aliphatic carbocycles. The lowest BCUT2D eigenvalue weighted by Crippen LogP contribution is -1.94. The van der Waals surface area contributed by atoms with Gasteiger partial charge in [-0.2, -0.15) is 0 Å². The Kier molecular flexibility index (Phi) is 1.71. The lowest BCUT2D eigenvalue weighted by molar-refractivity contribution is 0.0994. The van der Waals surface area contributed by atoms with E-state index in [0.717, 1.165) is 15.6 Å². The minimum atomic E-state index is 0.310. The first-order valence-corrected chi connectivity index (χ1v) is 4.67. The molecule has 2 rings (SSSR count). The molecule has 0 saturated carbocycles. The molecule has 0 atom stereocenters. The minimum absolute atomic E-state index is 0.310. The molecule has 0 fully saturated rings. The monoisotopic (exact) mass is 258 g/mol. The normalized spacial score (nSPS) is 15.2. The number of halogens is 1. The van der Waals surface area contributed by atoms with Gasteiger partial charge >= 0.3 is 0 Å². The molecule has 1 aliphatic rings. The number of rotatable bonds is 0. The van der Waals surface area contributed by atoms with Crippen LogP contribution >= 0.6 is 22.6 Å². The Bertz CT molecular complexity index is 317. The van der Waals surface area contributed by atoms with Gasteiger partial charge in [0.2, 0.25) is 0 Å². The lowest BCUT2D eigenvalue weighted by Gasteiger charge is -1.98. The summed E-state index contributed by atoms with van der Waals surface area (Å²) >= 11 is 2.22.